The van der Waals surface area contributed by atoms with Gasteiger partial charge in [-0.05, 0) is 19.1 Å². The van der Waals surface area contributed by atoms with Crippen molar-refractivity contribution in [3.8, 4) is 0 Å². The number of nitrogens with one attached hydrogen (secondary N) is 1. The third kappa shape index (κ3) is 3.07. The molecule has 0 aliphatic rings. The minimum atomic E-state index is -4.36. The molecule has 0 bridgehead atoms. The van der Waals surface area contributed by atoms with Gasteiger partial charge in [0.15, 0.2) is 0 Å². The van der Waals surface area contributed by atoms with Crippen molar-refractivity contribution < 1.29 is 13.2 Å². The van der Waals surface area contributed by atoms with Gasteiger partial charge in [0.05, 0.1) is 17.8 Å². The molecule has 1 atom stereocenters. The van der Waals surface area contributed by atoms with E-state index < -0.39 is 11.7 Å². The summed E-state index contributed by atoms with van der Waals surface area (Å²) in [6, 6.07) is 5.20. The predicted octanol–water partition coefficient (Wildman–Crippen LogP) is 3.61. The van der Waals surface area contributed by atoms with Gasteiger partial charge in [-0.3, -0.25) is 4.68 Å². The normalized spacial score (nSPS) is 13.3. The number of nitrogens with zero attached hydrogens (tertiary/aromatic N) is 2. The highest BCUT2D eigenvalue weighted by Gasteiger charge is 2.33. The zero-order valence-corrected chi connectivity index (χ0v) is 10.6. The lowest BCUT2D eigenvalue weighted by Crippen LogP contribution is -2.13. The molecule has 2 rings (SSSR count). The number of benzene rings is 1. The van der Waals surface area contributed by atoms with Crippen LogP contribution in [-0.4, -0.2) is 9.78 Å². The number of hydrogen-bond acceptors (Lipinski definition) is 2. The van der Waals surface area contributed by atoms with E-state index in [0.717, 1.165) is 11.6 Å². The highest BCUT2D eigenvalue weighted by molar-refractivity contribution is 5.53. The summed E-state index contributed by atoms with van der Waals surface area (Å²) >= 11 is 0. The van der Waals surface area contributed by atoms with Crippen molar-refractivity contribution in [2.24, 2.45) is 7.05 Å². The van der Waals surface area contributed by atoms with Crippen LogP contribution in [0.5, 0.6) is 0 Å². The molecule has 102 valence electrons. The van der Waals surface area contributed by atoms with Gasteiger partial charge in [-0.15, -0.1) is 0 Å². The highest BCUT2D eigenvalue weighted by atomic mass is 19.4. The maximum atomic E-state index is 12.8. The van der Waals surface area contributed by atoms with Crippen molar-refractivity contribution >= 4 is 5.69 Å². The second-order valence-corrected chi connectivity index (χ2v) is 4.36. The molecular weight excluding hydrogens is 255 g/mol. The molecule has 0 aliphatic carbocycles. The SMILES string of the molecule is CC(Nc1ccccc1C(F)(F)F)c1cnn(C)c1. The van der Waals surface area contributed by atoms with Gasteiger partial charge in [0.2, 0.25) is 0 Å². The van der Waals surface area contributed by atoms with Gasteiger partial charge < -0.3 is 5.32 Å². The summed E-state index contributed by atoms with van der Waals surface area (Å²) in [7, 11) is 1.76. The molecule has 19 heavy (non-hydrogen) atoms. The lowest BCUT2D eigenvalue weighted by atomic mass is 10.1. The van der Waals surface area contributed by atoms with E-state index in [0.29, 0.717) is 0 Å². The average Bonchev–Trinajstić information content (AvgIpc) is 2.75. The molecule has 1 unspecified atom stereocenters. The van der Waals surface area contributed by atoms with Gasteiger partial charge in [0.25, 0.3) is 0 Å². The zero-order chi connectivity index (χ0) is 14.0. The molecule has 0 aliphatic heterocycles. The molecule has 1 aromatic heterocycles. The number of halogens is 3. The molecule has 6 heteroatoms. The molecule has 2 aromatic rings. The molecule has 1 N–H and O–H groups in total. The molecule has 0 saturated heterocycles. The number of anilines is 1. The first-order valence-corrected chi connectivity index (χ1v) is 5.79. The van der Waals surface area contributed by atoms with E-state index in [1.54, 1.807) is 37.1 Å². The van der Waals surface area contributed by atoms with E-state index in [1.165, 1.54) is 12.1 Å². The third-order valence-electron chi connectivity index (χ3n) is 2.83. The van der Waals surface area contributed by atoms with Crippen LogP contribution in [0.15, 0.2) is 36.7 Å². The number of hydrogen-bond donors (Lipinski definition) is 1. The second kappa shape index (κ2) is 4.95. The van der Waals surface area contributed by atoms with Crippen LogP contribution in [0.4, 0.5) is 18.9 Å². The van der Waals surface area contributed by atoms with Crippen LogP contribution in [0.3, 0.4) is 0 Å². The molecule has 1 heterocycles. The third-order valence-corrected chi connectivity index (χ3v) is 2.83. The molecule has 3 nitrogen and oxygen atoms in total. The van der Waals surface area contributed by atoms with E-state index >= 15 is 0 Å². The van der Waals surface area contributed by atoms with Gasteiger partial charge in [0.1, 0.15) is 0 Å². The summed E-state index contributed by atoms with van der Waals surface area (Å²) in [4.78, 5) is 0. The Balaban J connectivity index is 2.24. The van der Waals surface area contributed by atoms with E-state index in [-0.39, 0.29) is 11.7 Å². The quantitative estimate of drug-likeness (QED) is 0.922. The molecule has 0 saturated carbocycles. The van der Waals surface area contributed by atoms with E-state index in [4.69, 9.17) is 0 Å². The Labute approximate surface area is 109 Å². The Hall–Kier alpha value is -1.98. The van der Waals surface area contributed by atoms with Crippen LogP contribution in [0.1, 0.15) is 24.1 Å². The summed E-state index contributed by atoms with van der Waals surface area (Å²) < 4.78 is 40.2. The maximum Gasteiger partial charge on any atom is 0.418 e. The Bertz CT molecular complexity index is 560. The molecule has 0 fully saturated rings. The molecular formula is C13H14F3N3. The van der Waals surface area contributed by atoms with Crippen molar-refractivity contribution in [3.05, 3.63) is 47.8 Å². The van der Waals surface area contributed by atoms with Gasteiger partial charge in [-0.2, -0.15) is 18.3 Å². The number of alkyl halides is 3. The van der Waals surface area contributed by atoms with Crippen molar-refractivity contribution in [2.75, 3.05) is 5.32 Å². The Kier molecular flexibility index (Phi) is 3.50. The van der Waals surface area contributed by atoms with Crippen LogP contribution in [0.25, 0.3) is 0 Å². The van der Waals surface area contributed by atoms with Gasteiger partial charge in [0, 0.05) is 24.5 Å². The average molecular weight is 269 g/mol. The fourth-order valence-corrected chi connectivity index (χ4v) is 1.84. The number of aryl methyl sites for hydroxylation is 1. The summed E-state index contributed by atoms with van der Waals surface area (Å²) in [5, 5.41) is 6.88. The molecule has 1 aromatic carbocycles. The topological polar surface area (TPSA) is 29.9 Å². The van der Waals surface area contributed by atoms with Crippen molar-refractivity contribution in [1.29, 1.82) is 0 Å². The molecule has 0 amide bonds. The zero-order valence-electron chi connectivity index (χ0n) is 10.6. The van der Waals surface area contributed by atoms with Crippen LogP contribution in [0, 0.1) is 0 Å². The summed E-state index contributed by atoms with van der Waals surface area (Å²) in [6.07, 6.45) is -0.958. The maximum absolute atomic E-state index is 12.8. The van der Waals surface area contributed by atoms with E-state index in [1.807, 2.05) is 0 Å². The monoisotopic (exact) mass is 269 g/mol. The van der Waals surface area contributed by atoms with Gasteiger partial charge >= 0.3 is 6.18 Å². The fourth-order valence-electron chi connectivity index (χ4n) is 1.84. The Morgan fingerprint density at radius 3 is 2.53 bits per heavy atom. The second-order valence-electron chi connectivity index (χ2n) is 4.36. The van der Waals surface area contributed by atoms with E-state index in [9.17, 15) is 13.2 Å². The first-order valence-electron chi connectivity index (χ1n) is 5.79. The van der Waals surface area contributed by atoms with Crippen molar-refractivity contribution in [1.82, 2.24) is 9.78 Å². The van der Waals surface area contributed by atoms with Crippen LogP contribution in [-0.2, 0) is 13.2 Å². The predicted molar refractivity (Wildman–Crippen MR) is 66.7 cm³/mol. The highest BCUT2D eigenvalue weighted by Crippen LogP contribution is 2.35. The largest absolute Gasteiger partial charge is 0.418 e. The lowest BCUT2D eigenvalue weighted by molar-refractivity contribution is -0.137. The van der Waals surface area contributed by atoms with Gasteiger partial charge in [-0.25, -0.2) is 0 Å². The molecule has 0 radical (unpaired) electrons. The lowest BCUT2D eigenvalue weighted by Gasteiger charge is -2.18. The summed E-state index contributed by atoms with van der Waals surface area (Å²) in [5.41, 5.74) is 0.247. The fraction of sp³-hybridized carbons (Fsp3) is 0.308. The summed E-state index contributed by atoms with van der Waals surface area (Å²) in [6.45, 7) is 1.80. The first-order chi connectivity index (χ1) is 8.88. The standard InChI is InChI=1S/C13H14F3N3/c1-9(10-7-17-19(2)8-10)18-12-6-4-3-5-11(12)13(14,15)16/h3-9,18H,1-2H3. The van der Waals surface area contributed by atoms with Crippen LogP contribution >= 0.6 is 0 Å². The van der Waals surface area contributed by atoms with E-state index in [2.05, 4.69) is 10.4 Å². The Morgan fingerprint density at radius 2 is 1.95 bits per heavy atom. The number of para-hydroxylation sites is 1. The number of aromatic nitrogens is 2. The van der Waals surface area contributed by atoms with Crippen molar-refractivity contribution in [3.63, 3.8) is 0 Å². The Morgan fingerprint density at radius 1 is 1.26 bits per heavy atom. The van der Waals surface area contributed by atoms with Crippen molar-refractivity contribution in [2.45, 2.75) is 19.1 Å². The minimum Gasteiger partial charge on any atom is -0.378 e. The minimum absolute atomic E-state index is 0.0753. The summed E-state index contributed by atoms with van der Waals surface area (Å²) in [5.74, 6) is 0. The van der Waals surface area contributed by atoms with Gasteiger partial charge in [-0.1, -0.05) is 12.1 Å². The number of rotatable bonds is 3. The molecule has 0 spiro atoms. The smallest absolute Gasteiger partial charge is 0.378 e. The van der Waals surface area contributed by atoms with Crippen LogP contribution in [0.2, 0.25) is 0 Å². The first kappa shape index (κ1) is 13.5. The van der Waals surface area contributed by atoms with Crippen LogP contribution < -0.4 is 5.32 Å².